The molecule has 1 heterocycles. The van der Waals surface area contributed by atoms with Crippen LogP contribution < -0.4 is 14.8 Å². The first kappa shape index (κ1) is 15.6. The zero-order valence-corrected chi connectivity index (χ0v) is 13.2. The van der Waals surface area contributed by atoms with Gasteiger partial charge in [0.2, 0.25) is 0 Å². The third-order valence-electron chi connectivity index (χ3n) is 4.58. The second-order valence-corrected chi connectivity index (χ2v) is 6.24. The van der Waals surface area contributed by atoms with Crippen molar-refractivity contribution in [3.05, 3.63) is 17.7 Å². The third kappa shape index (κ3) is 3.11. The highest BCUT2D eigenvalue weighted by molar-refractivity contribution is 6.03. The molecule has 2 aliphatic rings. The van der Waals surface area contributed by atoms with Crippen molar-refractivity contribution in [2.24, 2.45) is 0 Å². The summed E-state index contributed by atoms with van der Waals surface area (Å²) in [5.41, 5.74) is 0.631. The van der Waals surface area contributed by atoms with Gasteiger partial charge in [0, 0.05) is 17.8 Å². The summed E-state index contributed by atoms with van der Waals surface area (Å²) in [4.78, 5) is 23.4. The monoisotopic (exact) mass is 319 g/mol. The number of carbonyl (C=O) groups excluding carboxylic acids is 1. The van der Waals surface area contributed by atoms with E-state index in [9.17, 15) is 9.59 Å². The molecule has 1 aromatic rings. The Balaban J connectivity index is 1.95. The maximum atomic E-state index is 12.6. The molecule has 1 aliphatic carbocycles. The minimum absolute atomic E-state index is 0.0368. The first-order valence-electron chi connectivity index (χ1n) is 7.93. The van der Waals surface area contributed by atoms with E-state index in [0.717, 1.165) is 25.7 Å². The number of rotatable bonds is 4. The number of hydrogen-bond donors (Lipinski definition) is 2. The predicted octanol–water partition coefficient (Wildman–Crippen LogP) is 2.86. The number of carboxylic acid groups (broad SMARTS) is 1. The molecule has 0 unspecified atom stereocenters. The molecule has 0 bridgehead atoms. The molecule has 1 spiro atoms. The molecular weight excluding hydrogens is 298 g/mol. The van der Waals surface area contributed by atoms with Crippen LogP contribution in [-0.4, -0.2) is 36.1 Å². The second-order valence-electron chi connectivity index (χ2n) is 6.24. The molecule has 0 atom stereocenters. The highest BCUT2D eigenvalue weighted by Gasteiger charge is 2.42. The number of nitrogens with one attached hydrogen (secondary N) is 1. The molecule has 6 nitrogen and oxygen atoms in total. The van der Waals surface area contributed by atoms with E-state index in [1.807, 2.05) is 0 Å². The lowest BCUT2D eigenvalue weighted by Crippen LogP contribution is -2.43. The Morgan fingerprint density at radius 2 is 2.09 bits per heavy atom. The third-order valence-corrected chi connectivity index (χ3v) is 4.58. The Kier molecular flexibility index (Phi) is 4.15. The zero-order chi connectivity index (χ0) is 16.4. The van der Waals surface area contributed by atoms with Crippen molar-refractivity contribution in [1.82, 2.24) is 0 Å². The molecule has 1 fully saturated rings. The Morgan fingerprint density at radius 3 is 2.74 bits per heavy atom. The van der Waals surface area contributed by atoms with Gasteiger partial charge in [-0.2, -0.15) is 0 Å². The first-order valence-corrected chi connectivity index (χ1v) is 7.93. The van der Waals surface area contributed by atoms with Crippen LogP contribution in [0.5, 0.6) is 11.5 Å². The van der Waals surface area contributed by atoms with Crippen molar-refractivity contribution in [2.45, 2.75) is 44.1 Å². The van der Waals surface area contributed by atoms with Crippen LogP contribution in [0.25, 0.3) is 0 Å². The van der Waals surface area contributed by atoms with Gasteiger partial charge in [0.15, 0.2) is 5.78 Å². The molecule has 23 heavy (non-hydrogen) atoms. The number of aliphatic carboxylic acids is 1. The van der Waals surface area contributed by atoms with Crippen molar-refractivity contribution in [1.29, 1.82) is 0 Å². The SMILES string of the molecule is COc1cc(NCC(=O)O)cc2c1C(=O)CC1(CCCCC1)O2. The number of methoxy groups -OCH3 is 1. The van der Waals surface area contributed by atoms with Gasteiger partial charge in [-0.15, -0.1) is 0 Å². The van der Waals surface area contributed by atoms with Crippen molar-refractivity contribution in [3.63, 3.8) is 0 Å². The van der Waals surface area contributed by atoms with Crippen LogP contribution in [0, 0.1) is 0 Å². The van der Waals surface area contributed by atoms with E-state index < -0.39 is 11.6 Å². The molecule has 0 saturated heterocycles. The molecule has 3 rings (SSSR count). The highest BCUT2D eigenvalue weighted by Crippen LogP contribution is 2.45. The largest absolute Gasteiger partial charge is 0.496 e. The summed E-state index contributed by atoms with van der Waals surface area (Å²) in [5.74, 6) is -0.00125. The minimum Gasteiger partial charge on any atom is -0.496 e. The Bertz CT molecular complexity index is 634. The van der Waals surface area contributed by atoms with E-state index in [0.29, 0.717) is 29.2 Å². The summed E-state index contributed by atoms with van der Waals surface area (Å²) in [6, 6.07) is 3.34. The van der Waals surface area contributed by atoms with Gasteiger partial charge in [-0.3, -0.25) is 9.59 Å². The van der Waals surface area contributed by atoms with Crippen LogP contribution in [0.3, 0.4) is 0 Å². The number of carboxylic acids is 1. The molecule has 0 radical (unpaired) electrons. The number of anilines is 1. The standard InChI is InChI=1S/C17H21NO5/c1-22-13-7-11(18-10-15(20)21)8-14-16(13)12(19)9-17(23-14)5-3-2-4-6-17/h7-8,18H,2-6,9-10H2,1H3,(H,20,21). The molecular formula is C17H21NO5. The van der Waals surface area contributed by atoms with Crippen molar-refractivity contribution >= 4 is 17.4 Å². The molecule has 0 amide bonds. The van der Waals surface area contributed by atoms with E-state index >= 15 is 0 Å². The van der Waals surface area contributed by atoms with Gasteiger partial charge in [-0.05, 0) is 25.7 Å². The fourth-order valence-electron chi connectivity index (χ4n) is 3.51. The van der Waals surface area contributed by atoms with Crippen LogP contribution in [0.15, 0.2) is 12.1 Å². The van der Waals surface area contributed by atoms with Gasteiger partial charge in [-0.25, -0.2) is 0 Å². The van der Waals surface area contributed by atoms with E-state index in [4.69, 9.17) is 14.6 Å². The normalized spacial score (nSPS) is 18.9. The van der Waals surface area contributed by atoms with E-state index in [1.54, 1.807) is 12.1 Å². The lowest BCUT2D eigenvalue weighted by Gasteiger charge is -2.41. The summed E-state index contributed by atoms with van der Waals surface area (Å²) in [6.45, 7) is -0.207. The van der Waals surface area contributed by atoms with Crippen LogP contribution in [0.2, 0.25) is 0 Å². The van der Waals surface area contributed by atoms with Gasteiger partial charge >= 0.3 is 5.97 Å². The number of benzene rings is 1. The Hall–Kier alpha value is -2.24. The Morgan fingerprint density at radius 1 is 1.35 bits per heavy atom. The molecule has 0 aromatic heterocycles. The summed E-state index contributed by atoms with van der Waals surface area (Å²) in [5, 5.41) is 11.6. The van der Waals surface area contributed by atoms with Crippen LogP contribution in [-0.2, 0) is 4.79 Å². The van der Waals surface area contributed by atoms with Crippen LogP contribution >= 0.6 is 0 Å². The number of Topliss-reactive ketones (excluding diaryl/α,β-unsaturated/α-hetero) is 1. The minimum atomic E-state index is -0.956. The summed E-state index contributed by atoms with van der Waals surface area (Å²) in [6.07, 6.45) is 5.46. The topological polar surface area (TPSA) is 84.9 Å². The van der Waals surface area contributed by atoms with Gasteiger partial charge < -0.3 is 19.9 Å². The maximum Gasteiger partial charge on any atom is 0.322 e. The van der Waals surface area contributed by atoms with Crippen LogP contribution in [0.1, 0.15) is 48.9 Å². The zero-order valence-electron chi connectivity index (χ0n) is 13.2. The average Bonchev–Trinajstić information content (AvgIpc) is 2.52. The molecule has 1 saturated carbocycles. The first-order chi connectivity index (χ1) is 11.0. The van der Waals surface area contributed by atoms with E-state index in [2.05, 4.69) is 5.32 Å². The van der Waals surface area contributed by atoms with Crippen molar-refractivity contribution < 1.29 is 24.2 Å². The van der Waals surface area contributed by atoms with E-state index in [1.165, 1.54) is 13.5 Å². The number of carbonyl (C=O) groups is 2. The smallest absolute Gasteiger partial charge is 0.322 e. The van der Waals surface area contributed by atoms with Crippen molar-refractivity contribution in [2.75, 3.05) is 19.0 Å². The van der Waals surface area contributed by atoms with Gasteiger partial charge in [0.1, 0.15) is 29.2 Å². The fourth-order valence-corrected chi connectivity index (χ4v) is 3.51. The quantitative estimate of drug-likeness (QED) is 0.887. The number of fused-ring (bicyclic) bond motifs is 1. The van der Waals surface area contributed by atoms with Gasteiger partial charge in [0.05, 0.1) is 13.5 Å². The second kappa shape index (κ2) is 6.10. The number of ether oxygens (including phenoxy) is 2. The van der Waals surface area contributed by atoms with Gasteiger partial charge in [-0.1, -0.05) is 6.42 Å². The molecule has 1 aliphatic heterocycles. The maximum absolute atomic E-state index is 12.6. The lowest BCUT2D eigenvalue weighted by molar-refractivity contribution is -0.134. The van der Waals surface area contributed by atoms with Crippen molar-refractivity contribution in [3.8, 4) is 11.5 Å². The predicted molar refractivity (Wildman–Crippen MR) is 84.5 cm³/mol. The number of ketones is 1. The molecule has 124 valence electrons. The fraction of sp³-hybridized carbons (Fsp3) is 0.529. The van der Waals surface area contributed by atoms with E-state index in [-0.39, 0.29) is 12.3 Å². The highest BCUT2D eigenvalue weighted by atomic mass is 16.5. The average molecular weight is 319 g/mol. The molecule has 1 aromatic carbocycles. The summed E-state index contributed by atoms with van der Waals surface area (Å²) in [7, 11) is 1.49. The molecule has 2 N–H and O–H groups in total. The summed E-state index contributed by atoms with van der Waals surface area (Å²) >= 11 is 0. The molecule has 6 heteroatoms. The summed E-state index contributed by atoms with van der Waals surface area (Å²) < 4.78 is 11.6. The van der Waals surface area contributed by atoms with Crippen LogP contribution in [0.4, 0.5) is 5.69 Å². The number of hydrogen-bond acceptors (Lipinski definition) is 5. The Labute approximate surface area is 134 Å². The van der Waals surface area contributed by atoms with Gasteiger partial charge in [0.25, 0.3) is 0 Å². The lowest BCUT2D eigenvalue weighted by atomic mass is 9.78.